The van der Waals surface area contributed by atoms with E-state index in [1.54, 1.807) is 12.3 Å². The molecule has 1 rings (SSSR count). The highest BCUT2D eigenvalue weighted by Crippen LogP contribution is 2.05. The summed E-state index contributed by atoms with van der Waals surface area (Å²) in [7, 11) is 0. The third kappa shape index (κ3) is 4.67. The number of hydrogen-bond acceptors (Lipinski definition) is 3. The van der Waals surface area contributed by atoms with Crippen molar-refractivity contribution in [3.8, 4) is 0 Å². The predicted molar refractivity (Wildman–Crippen MR) is 61.3 cm³/mol. The van der Waals surface area contributed by atoms with Crippen LogP contribution in [0.15, 0.2) is 12.3 Å². The number of nitrogens with zero attached hydrogens (tertiary/aromatic N) is 1. The molecular formula is C11H17N3O3. The Bertz CT molecular complexity index is 362. The molecule has 0 aliphatic carbocycles. The van der Waals surface area contributed by atoms with Crippen molar-refractivity contribution >= 4 is 11.9 Å². The first-order valence-electron chi connectivity index (χ1n) is 5.61. The molecule has 1 amide bonds. The van der Waals surface area contributed by atoms with E-state index in [1.165, 1.54) is 0 Å². The molecule has 6 heteroatoms. The molecule has 0 radical (unpaired) electrons. The Morgan fingerprint density at radius 1 is 1.59 bits per heavy atom. The number of rotatable bonds is 7. The molecule has 0 aliphatic rings. The van der Waals surface area contributed by atoms with Crippen molar-refractivity contribution in [3.63, 3.8) is 0 Å². The molecule has 17 heavy (non-hydrogen) atoms. The van der Waals surface area contributed by atoms with E-state index in [2.05, 4.69) is 15.5 Å². The summed E-state index contributed by atoms with van der Waals surface area (Å²) in [5.41, 5.74) is 0.713. The van der Waals surface area contributed by atoms with Gasteiger partial charge in [-0.3, -0.25) is 14.7 Å². The lowest BCUT2D eigenvalue weighted by Gasteiger charge is -2.11. The number of amides is 1. The van der Waals surface area contributed by atoms with Crippen molar-refractivity contribution in [1.29, 1.82) is 0 Å². The first-order valence-corrected chi connectivity index (χ1v) is 5.61. The van der Waals surface area contributed by atoms with Gasteiger partial charge in [-0.05, 0) is 12.5 Å². The van der Waals surface area contributed by atoms with E-state index in [-0.39, 0.29) is 18.9 Å². The van der Waals surface area contributed by atoms with Crippen molar-refractivity contribution in [1.82, 2.24) is 15.5 Å². The van der Waals surface area contributed by atoms with Crippen molar-refractivity contribution in [2.24, 2.45) is 5.92 Å². The van der Waals surface area contributed by atoms with Gasteiger partial charge in [0.25, 0.3) is 0 Å². The molecule has 0 saturated heterocycles. The predicted octanol–water partition coefficient (Wildman–Crippen LogP) is 0.569. The van der Waals surface area contributed by atoms with Crippen LogP contribution in [0.1, 0.15) is 25.5 Å². The third-order valence-electron chi connectivity index (χ3n) is 2.44. The highest BCUT2D eigenvalue weighted by molar-refractivity contribution is 5.79. The van der Waals surface area contributed by atoms with Crippen molar-refractivity contribution in [2.45, 2.75) is 26.2 Å². The Hall–Kier alpha value is -1.85. The van der Waals surface area contributed by atoms with Gasteiger partial charge in [0.2, 0.25) is 5.91 Å². The van der Waals surface area contributed by atoms with Crippen LogP contribution in [-0.2, 0) is 16.0 Å². The van der Waals surface area contributed by atoms with Gasteiger partial charge in [0, 0.05) is 18.4 Å². The number of carbonyl (C=O) groups excluding carboxylic acids is 1. The average Bonchev–Trinajstić information content (AvgIpc) is 2.76. The quantitative estimate of drug-likeness (QED) is 0.648. The zero-order valence-corrected chi connectivity index (χ0v) is 9.77. The summed E-state index contributed by atoms with van der Waals surface area (Å²) >= 11 is 0. The van der Waals surface area contributed by atoms with Gasteiger partial charge < -0.3 is 10.4 Å². The van der Waals surface area contributed by atoms with Gasteiger partial charge in [0.1, 0.15) is 0 Å². The summed E-state index contributed by atoms with van der Waals surface area (Å²) in [6.45, 7) is 2.10. The summed E-state index contributed by atoms with van der Waals surface area (Å²) in [5.74, 6) is -1.57. The van der Waals surface area contributed by atoms with Crippen LogP contribution in [0, 0.1) is 5.92 Å². The van der Waals surface area contributed by atoms with E-state index in [1.807, 2.05) is 6.92 Å². The highest BCUT2D eigenvalue weighted by Gasteiger charge is 2.17. The molecule has 6 nitrogen and oxygen atoms in total. The molecule has 0 aliphatic heterocycles. The topological polar surface area (TPSA) is 95.1 Å². The number of carboxylic acids is 1. The SMILES string of the molecule is CCCC(CNC(=O)Cc1ccn[nH]1)C(=O)O. The highest BCUT2D eigenvalue weighted by atomic mass is 16.4. The summed E-state index contributed by atoms with van der Waals surface area (Å²) in [4.78, 5) is 22.3. The number of nitrogens with one attached hydrogen (secondary N) is 2. The second-order valence-corrected chi connectivity index (χ2v) is 3.89. The van der Waals surface area contributed by atoms with Crippen molar-refractivity contribution < 1.29 is 14.7 Å². The van der Waals surface area contributed by atoms with E-state index in [4.69, 9.17) is 5.11 Å². The fraction of sp³-hybridized carbons (Fsp3) is 0.545. The number of aromatic amines is 1. The largest absolute Gasteiger partial charge is 0.481 e. The number of aromatic nitrogens is 2. The van der Waals surface area contributed by atoms with Gasteiger partial charge in [0.15, 0.2) is 0 Å². The Balaban J connectivity index is 2.33. The first kappa shape index (κ1) is 13.2. The standard InChI is InChI=1S/C11H17N3O3/c1-2-3-8(11(16)17)7-12-10(15)6-9-4-5-13-14-9/h4-5,8H,2-3,6-7H2,1H3,(H,12,15)(H,13,14)(H,16,17). The molecule has 1 unspecified atom stereocenters. The van der Waals surface area contributed by atoms with Crippen LogP contribution in [-0.4, -0.2) is 33.7 Å². The number of aliphatic carboxylic acids is 1. The average molecular weight is 239 g/mol. The molecule has 0 saturated carbocycles. The van der Waals surface area contributed by atoms with Crippen molar-refractivity contribution in [2.75, 3.05) is 6.54 Å². The van der Waals surface area contributed by atoms with Crippen LogP contribution >= 0.6 is 0 Å². The van der Waals surface area contributed by atoms with E-state index < -0.39 is 11.9 Å². The zero-order chi connectivity index (χ0) is 12.7. The first-order chi connectivity index (χ1) is 8.13. The van der Waals surface area contributed by atoms with E-state index >= 15 is 0 Å². The van der Waals surface area contributed by atoms with E-state index in [9.17, 15) is 9.59 Å². The van der Waals surface area contributed by atoms with Crippen LogP contribution in [0.5, 0.6) is 0 Å². The number of carboxylic acid groups (broad SMARTS) is 1. The Morgan fingerprint density at radius 3 is 2.88 bits per heavy atom. The molecule has 1 aromatic rings. The van der Waals surface area contributed by atoms with Gasteiger partial charge in [-0.2, -0.15) is 5.10 Å². The zero-order valence-electron chi connectivity index (χ0n) is 9.77. The molecule has 1 atom stereocenters. The second-order valence-electron chi connectivity index (χ2n) is 3.89. The van der Waals surface area contributed by atoms with Crippen LogP contribution in [0.4, 0.5) is 0 Å². The minimum absolute atomic E-state index is 0.177. The Morgan fingerprint density at radius 2 is 2.35 bits per heavy atom. The van der Waals surface area contributed by atoms with Gasteiger partial charge in [-0.15, -0.1) is 0 Å². The molecule has 1 aromatic heterocycles. The minimum atomic E-state index is -0.867. The monoisotopic (exact) mass is 239 g/mol. The van der Waals surface area contributed by atoms with E-state index in [0.29, 0.717) is 12.1 Å². The van der Waals surface area contributed by atoms with Crippen LogP contribution in [0.3, 0.4) is 0 Å². The maximum absolute atomic E-state index is 11.5. The minimum Gasteiger partial charge on any atom is -0.481 e. The molecule has 0 bridgehead atoms. The molecule has 0 aromatic carbocycles. The van der Waals surface area contributed by atoms with E-state index in [0.717, 1.165) is 6.42 Å². The fourth-order valence-corrected chi connectivity index (χ4v) is 1.52. The van der Waals surface area contributed by atoms with Gasteiger partial charge in [-0.1, -0.05) is 13.3 Å². The number of H-pyrrole nitrogens is 1. The summed E-state index contributed by atoms with van der Waals surface area (Å²) in [6.07, 6.45) is 3.12. The lowest BCUT2D eigenvalue weighted by molar-refractivity contribution is -0.141. The number of carbonyl (C=O) groups is 2. The maximum atomic E-state index is 11.5. The maximum Gasteiger partial charge on any atom is 0.308 e. The molecular weight excluding hydrogens is 222 g/mol. The lowest BCUT2D eigenvalue weighted by atomic mass is 10.0. The summed E-state index contributed by atoms with van der Waals surface area (Å²) in [6, 6.07) is 1.71. The van der Waals surface area contributed by atoms with Gasteiger partial charge >= 0.3 is 5.97 Å². The number of hydrogen-bond donors (Lipinski definition) is 3. The lowest BCUT2D eigenvalue weighted by Crippen LogP contribution is -2.33. The van der Waals surface area contributed by atoms with Crippen LogP contribution in [0.2, 0.25) is 0 Å². The molecule has 0 fully saturated rings. The smallest absolute Gasteiger partial charge is 0.308 e. The second kappa shape index (κ2) is 6.67. The molecule has 94 valence electrons. The fourth-order valence-electron chi connectivity index (χ4n) is 1.52. The molecule has 1 heterocycles. The summed E-state index contributed by atoms with van der Waals surface area (Å²) in [5, 5.41) is 17.9. The Kier molecular flexibility index (Phi) is 5.19. The Labute approximate surface area is 99.4 Å². The molecule has 3 N–H and O–H groups in total. The third-order valence-corrected chi connectivity index (χ3v) is 2.44. The van der Waals surface area contributed by atoms with Crippen LogP contribution < -0.4 is 5.32 Å². The van der Waals surface area contributed by atoms with Crippen molar-refractivity contribution in [3.05, 3.63) is 18.0 Å². The van der Waals surface area contributed by atoms with Gasteiger partial charge in [0.05, 0.1) is 12.3 Å². The van der Waals surface area contributed by atoms with Crippen LogP contribution in [0.25, 0.3) is 0 Å². The summed E-state index contributed by atoms with van der Waals surface area (Å²) < 4.78 is 0. The molecule has 0 spiro atoms. The van der Waals surface area contributed by atoms with Gasteiger partial charge in [-0.25, -0.2) is 0 Å². The normalized spacial score (nSPS) is 12.1.